The van der Waals surface area contributed by atoms with E-state index in [-0.39, 0.29) is 29.8 Å². The summed E-state index contributed by atoms with van der Waals surface area (Å²) in [7, 11) is 0. The third-order valence-electron chi connectivity index (χ3n) is 2.46. The second-order valence-electron chi connectivity index (χ2n) is 4.98. The van der Waals surface area contributed by atoms with Gasteiger partial charge in [-0.15, -0.1) is 12.4 Å². The standard InChI is InChI=1S/C10H20N2O.ClH/c1-7-4-8(5-7)9(13)12-6-10(2,3)11;/h7-8H,4-6,11H2,1-3H3,(H,12,13);1H. The highest BCUT2D eigenvalue weighted by Gasteiger charge is 2.31. The number of rotatable bonds is 3. The molecule has 0 atom stereocenters. The van der Waals surface area contributed by atoms with Crippen LogP contribution in [0.5, 0.6) is 0 Å². The van der Waals surface area contributed by atoms with Crippen molar-refractivity contribution in [1.29, 1.82) is 0 Å². The molecule has 1 rings (SSSR count). The Balaban J connectivity index is 0.00000169. The summed E-state index contributed by atoms with van der Waals surface area (Å²) < 4.78 is 0. The van der Waals surface area contributed by atoms with E-state index in [1.165, 1.54) is 0 Å². The van der Waals surface area contributed by atoms with E-state index in [2.05, 4.69) is 12.2 Å². The molecule has 0 aromatic rings. The highest BCUT2D eigenvalue weighted by molar-refractivity contribution is 5.85. The number of carbonyl (C=O) groups excluding carboxylic acids is 1. The van der Waals surface area contributed by atoms with E-state index in [0.717, 1.165) is 18.8 Å². The van der Waals surface area contributed by atoms with E-state index in [0.29, 0.717) is 6.54 Å². The van der Waals surface area contributed by atoms with Crippen LogP contribution in [-0.4, -0.2) is 18.0 Å². The maximum atomic E-state index is 11.5. The summed E-state index contributed by atoms with van der Waals surface area (Å²) >= 11 is 0. The van der Waals surface area contributed by atoms with Crippen molar-refractivity contribution >= 4 is 18.3 Å². The van der Waals surface area contributed by atoms with E-state index in [4.69, 9.17) is 5.73 Å². The Morgan fingerprint density at radius 3 is 2.36 bits per heavy atom. The molecule has 0 spiro atoms. The lowest BCUT2D eigenvalue weighted by Crippen LogP contribution is -2.48. The minimum absolute atomic E-state index is 0. The maximum Gasteiger partial charge on any atom is 0.223 e. The Morgan fingerprint density at radius 1 is 1.50 bits per heavy atom. The van der Waals surface area contributed by atoms with Crippen molar-refractivity contribution in [3.63, 3.8) is 0 Å². The van der Waals surface area contributed by atoms with Gasteiger partial charge in [-0.2, -0.15) is 0 Å². The number of halogens is 1. The predicted octanol–water partition coefficient (Wildman–Crippen LogP) is 1.31. The number of hydrogen-bond donors (Lipinski definition) is 2. The van der Waals surface area contributed by atoms with Gasteiger partial charge >= 0.3 is 0 Å². The zero-order chi connectivity index (χ0) is 10.1. The minimum atomic E-state index is -0.301. The largest absolute Gasteiger partial charge is 0.354 e. The Morgan fingerprint density at radius 2 is 2.00 bits per heavy atom. The second kappa shape index (κ2) is 4.99. The molecular formula is C10H21ClN2O. The number of amides is 1. The summed E-state index contributed by atoms with van der Waals surface area (Å²) in [5.74, 6) is 1.15. The molecule has 1 fully saturated rings. The van der Waals surface area contributed by atoms with Crippen LogP contribution in [0.3, 0.4) is 0 Å². The molecule has 0 aromatic heterocycles. The number of carbonyl (C=O) groups is 1. The van der Waals surface area contributed by atoms with Crippen LogP contribution in [0, 0.1) is 11.8 Å². The fourth-order valence-corrected chi connectivity index (χ4v) is 1.58. The molecule has 84 valence electrons. The fourth-order valence-electron chi connectivity index (χ4n) is 1.58. The zero-order valence-corrected chi connectivity index (χ0v) is 9.99. The van der Waals surface area contributed by atoms with Crippen molar-refractivity contribution in [2.24, 2.45) is 17.6 Å². The van der Waals surface area contributed by atoms with E-state index < -0.39 is 0 Å². The Bertz CT molecular complexity index is 195. The van der Waals surface area contributed by atoms with Gasteiger partial charge in [0.05, 0.1) is 0 Å². The van der Waals surface area contributed by atoms with Crippen LogP contribution in [0.4, 0.5) is 0 Å². The molecule has 1 amide bonds. The molecule has 0 saturated heterocycles. The average Bonchev–Trinajstić information content (AvgIpc) is 1.93. The molecule has 0 aliphatic heterocycles. The molecule has 4 heteroatoms. The third kappa shape index (κ3) is 4.29. The monoisotopic (exact) mass is 220 g/mol. The topological polar surface area (TPSA) is 55.1 Å². The Hall–Kier alpha value is -0.280. The Labute approximate surface area is 92.2 Å². The van der Waals surface area contributed by atoms with Crippen LogP contribution >= 0.6 is 12.4 Å². The number of nitrogens with two attached hydrogens (primary N) is 1. The molecule has 1 aliphatic carbocycles. The predicted molar refractivity (Wildman–Crippen MR) is 60.4 cm³/mol. The highest BCUT2D eigenvalue weighted by atomic mass is 35.5. The lowest BCUT2D eigenvalue weighted by atomic mass is 9.75. The molecule has 0 heterocycles. The summed E-state index contributed by atoms with van der Waals surface area (Å²) in [6.45, 7) is 6.57. The molecule has 3 N–H and O–H groups in total. The second-order valence-corrected chi connectivity index (χ2v) is 4.98. The SMILES string of the molecule is CC1CC(C(=O)NCC(C)(C)N)C1.Cl. The maximum absolute atomic E-state index is 11.5. The lowest BCUT2D eigenvalue weighted by Gasteiger charge is -2.32. The van der Waals surface area contributed by atoms with Crippen LogP contribution in [0.1, 0.15) is 33.6 Å². The number of nitrogens with one attached hydrogen (secondary N) is 1. The van der Waals surface area contributed by atoms with Crippen molar-refractivity contribution < 1.29 is 4.79 Å². The fraction of sp³-hybridized carbons (Fsp3) is 0.900. The first-order chi connectivity index (χ1) is 5.88. The first-order valence-corrected chi connectivity index (χ1v) is 4.95. The van der Waals surface area contributed by atoms with Gasteiger partial charge in [0, 0.05) is 18.0 Å². The first kappa shape index (κ1) is 13.7. The molecule has 0 unspecified atom stereocenters. The van der Waals surface area contributed by atoms with Gasteiger partial charge in [0.1, 0.15) is 0 Å². The molecule has 3 nitrogen and oxygen atoms in total. The minimum Gasteiger partial charge on any atom is -0.354 e. The zero-order valence-electron chi connectivity index (χ0n) is 9.17. The van der Waals surface area contributed by atoms with Gasteiger partial charge < -0.3 is 11.1 Å². The molecular weight excluding hydrogens is 200 g/mol. The molecule has 0 radical (unpaired) electrons. The highest BCUT2D eigenvalue weighted by Crippen LogP contribution is 2.32. The van der Waals surface area contributed by atoms with Crippen molar-refractivity contribution in [3.05, 3.63) is 0 Å². The van der Waals surface area contributed by atoms with Gasteiger partial charge in [0.2, 0.25) is 5.91 Å². The van der Waals surface area contributed by atoms with Crippen LogP contribution in [-0.2, 0) is 4.79 Å². The summed E-state index contributed by atoms with van der Waals surface area (Å²) in [5.41, 5.74) is 5.46. The van der Waals surface area contributed by atoms with Crippen LogP contribution in [0.25, 0.3) is 0 Å². The van der Waals surface area contributed by atoms with Crippen LogP contribution < -0.4 is 11.1 Å². The summed E-state index contributed by atoms with van der Waals surface area (Å²) in [4.78, 5) is 11.5. The molecule has 1 saturated carbocycles. The van der Waals surface area contributed by atoms with E-state index >= 15 is 0 Å². The number of hydrogen-bond acceptors (Lipinski definition) is 2. The smallest absolute Gasteiger partial charge is 0.223 e. The third-order valence-corrected chi connectivity index (χ3v) is 2.46. The van der Waals surface area contributed by atoms with Gasteiger partial charge in [-0.3, -0.25) is 4.79 Å². The molecule has 14 heavy (non-hydrogen) atoms. The first-order valence-electron chi connectivity index (χ1n) is 4.95. The summed E-state index contributed by atoms with van der Waals surface area (Å²) in [5, 5.41) is 2.88. The van der Waals surface area contributed by atoms with Crippen LogP contribution in [0.2, 0.25) is 0 Å². The molecule has 0 bridgehead atoms. The van der Waals surface area contributed by atoms with Gasteiger partial charge in [0.25, 0.3) is 0 Å². The lowest BCUT2D eigenvalue weighted by molar-refractivity contribution is -0.129. The van der Waals surface area contributed by atoms with Crippen molar-refractivity contribution in [3.8, 4) is 0 Å². The molecule has 0 aromatic carbocycles. The van der Waals surface area contributed by atoms with Gasteiger partial charge in [-0.05, 0) is 32.6 Å². The van der Waals surface area contributed by atoms with Gasteiger partial charge in [0.15, 0.2) is 0 Å². The van der Waals surface area contributed by atoms with Gasteiger partial charge in [-0.25, -0.2) is 0 Å². The van der Waals surface area contributed by atoms with Crippen molar-refractivity contribution in [1.82, 2.24) is 5.32 Å². The van der Waals surface area contributed by atoms with Crippen molar-refractivity contribution in [2.75, 3.05) is 6.54 Å². The molecule has 1 aliphatic rings. The Kier molecular flexibility index (Phi) is 4.89. The van der Waals surface area contributed by atoms with E-state index in [1.54, 1.807) is 0 Å². The van der Waals surface area contributed by atoms with E-state index in [1.807, 2.05) is 13.8 Å². The van der Waals surface area contributed by atoms with Crippen molar-refractivity contribution in [2.45, 2.75) is 39.2 Å². The van der Waals surface area contributed by atoms with Gasteiger partial charge in [-0.1, -0.05) is 6.92 Å². The summed E-state index contributed by atoms with van der Waals surface area (Å²) in [6, 6.07) is 0. The van der Waals surface area contributed by atoms with E-state index in [9.17, 15) is 4.79 Å². The summed E-state index contributed by atoms with van der Waals surface area (Å²) in [6.07, 6.45) is 2.08. The quantitative estimate of drug-likeness (QED) is 0.754. The average molecular weight is 221 g/mol. The van der Waals surface area contributed by atoms with Crippen LogP contribution in [0.15, 0.2) is 0 Å². The normalized spacial score (nSPS) is 26.0.